The van der Waals surface area contributed by atoms with Gasteiger partial charge in [0.15, 0.2) is 0 Å². The summed E-state index contributed by atoms with van der Waals surface area (Å²) in [5.74, 6) is -2.76. The summed E-state index contributed by atoms with van der Waals surface area (Å²) in [6.45, 7) is -0.416. The van der Waals surface area contributed by atoms with Gasteiger partial charge in [0, 0.05) is 4.11 Å². The fourth-order valence-corrected chi connectivity index (χ4v) is 1.40. The fraction of sp³-hybridized carbons (Fsp3) is 0.462. The van der Waals surface area contributed by atoms with Gasteiger partial charge in [-0.15, -0.1) is 0 Å². The molecule has 0 aromatic heterocycles. The maximum atomic E-state index is 11.0. The molecule has 1 N–H and O–H groups in total. The number of unbranched alkanes of at least 4 members (excludes halogenated alkanes) is 1. The first-order chi connectivity index (χ1) is 8.36. The minimum Gasteiger partial charge on any atom is -0.481 e. The Labute approximate surface area is 95.2 Å². The van der Waals surface area contributed by atoms with Crippen molar-refractivity contribution in [3.8, 4) is 0 Å². The van der Waals surface area contributed by atoms with Gasteiger partial charge in [-0.2, -0.15) is 0 Å². The molecule has 82 valence electrons. The van der Waals surface area contributed by atoms with Crippen LogP contribution in [-0.4, -0.2) is 11.1 Å². The van der Waals surface area contributed by atoms with Crippen LogP contribution in [0.25, 0.3) is 0 Å². The second-order valence-electron chi connectivity index (χ2n) is 3.62. The Morgan fingerprint density at radius 3 is 2.60 bits per heavy atom. The predicted octanol–water partition coefficient (Wildman–Crippen LogP) is 3.22. The quantitative estimate of drug-likeness (QED) is 0.808. The second kappa shape index (κ2) is 5.54. The molecular weight excluding hydrogens is 188 g/mol. The number of benzene rings is 1. The zero-order valence-corrected chi connectivity index (χ0v) is 8.86. The van der Waals surface area contributed by atoms with E-state index in [0.29, 0.717) is 5.56 Å². The van der Waals surface area contributed by atoms with E-state index in [9.17, 15) is 4.79 Å². The predicted molar refractivity (Wildman–Crippen MR) is 61.1 cm³/mol. The van der Waals surface area contributed by atoms with Crippen LogP contribution in [0.4, 0.5) is 0 Å². The molecule has 0 saturated carbocycles. The van der Waals surface area contributed by atoms with Crippen LogP contribution in [-0.2, 0) is 11.2 Å². The highest BCUT2D eigenvalue weighted by molar-refractivity contribution is 5.75. The van der Waals surface area contributed by atoms with Crippen molar-refractivity contribution in [1.82, 2.24) is 0 Å². The normalized spacial score (nSPS) is 16.2. The molecule has 0 fully saturated rings. The number of hydrogen-bond donors (Lipinski definition) is 1. The first-order valence-corrected chi connectivity index (χ1v) is 5.18. The highest BCUT2D eigenvalue weighted by atomic mass is 16.4. The molecule has 1 rings (SSSR count). The van der Waals surface area contributed by atoms with Crippen molar-refractivity contribution in [2.75, 3.05) is 0 Å². The van der Waals surface area contributed by atoms with Gasteiger partial charge in [-0.1, -0.05) is 37.6 Å². The molecule has 15 heavy (non-hydrogen) atoms. The topological polar surface area (TPSA) is 37.3 Å². The third kappa shape index (κ3) is 3.39. The molecule has 1 atom stereocenters. The van der Waals surface area contributed by atoms with E-state index >= 15 is 0 Å². The number of carbonyl (C=O) groups is 1. The third-order valence-corrected chi connectivity index (χ3v) is 2.38. The van der Waals surface area contributed by atoms with Gasteiger partial charge in [0.1, 0.15) is 0 Å². The number of carboxylic acids is 1. The Morgan fingerprint density at radius 1 is 1.47 bits per heavy atom. The Kier molecular flexibility index (Phi) is 2.92. The zero-order chi connectivity index (χ0) is 13.8. The van der Waals surface area contributed by atoms with Crippen molar-refractivity contribution in [2.24, 2.45) is 0 Å². The molecule has 0 aliphatic carbocycles. The van der Waals surface area contributed by atoms with Crippen LogP contribution >= 0.6 is 0 Å². The number of carboxylic acid groups (broad SMARTS) is 1. The van der Waals surface area contributed by atoms with Crippen molar-refractivity contribution in [2.45, 2.75) is 39.0 Å². The monoisotopic (exact) mass is 209 g/mol. The minimum absolute atomic E-state index is 0.336. The summed E-state index contributed by atoms with van der Waals surface area (Å²) in [5, 5.41) is 9.01. The molecule has 0 bridgehead atoms. The molecule has 1 aromatic rings. The lowest BCUT2D eigenvalue weighted by atomic mass is 9.99. The highest BCUT2D eigenvalue weighted by Crippen LogP contribution is 2.16. The summed E-state index contributed by atoms with van der Waals surface area (Å²) in [7, 11) is 0. The van der Waals surface area contributed by atoms with Crippen LogP contribution < -0.4 is 0 Å². The lowest BCUT2D eigenvalue weighted by Gasteiger charge is -2.07. The van der Waals surface area contributed by atoms with Crippen molar-refractivity contribution < 1.29 is 14.0 Å². The van der Waals surface area contributed by atoms with Gasteiger partial charge in [0.2, 0.25) is 0 Å². The molecule has 1 unspecified atom stereocenters. The number of aliphatic carboxylic acids is 1. The number of aryl methyl sites for hydroxylation is 1. The van der Waals surface area contributed by atoms with Gasteiger partial charge in [0.05, 0.1) is 5.92 Å². The van der Waals surface area contributed by atoms with E-state index in [4.69, 9.17) is 9.22 Å². The molecule has 0 spiro atoms. The standard InChI is InChI=1S/C13H18O2/c1-3-4-5-11-6-8-12(9-7-11)10(2)13(14)15/h6-10H,3-5H2,1-2H3,(H,14,15)/i2D3. The van der Waals surface area contributed by atoms with E-state index in [1.165, 1.54) is 0 Å². The highest BCUT2D eigenvalue weighted by Gasteiger charge is 2.12. The minimum atomic E-state index is -2.52. The largest absolute Gasteiger partial charge is 0.481 e. The second-order valence-corrected chi connectivity index (χ2v) is 3.62. The van der Waals surface area contributed by atoms with Gasteiger partial charge in [-0.05, 0) is 30.8 Å². The van der Waals surface area contributed by atoms with E-state index in [1.54, 1.807) is 12.1 Å². The van der Waals surface area contributed by atoms with E-state index in [2.05, 4.69) is 6.92 Å². The van der Waals surface area contributed by atoms with Crippen molar-refractivity contribution in [3.05, 3.63) is 35.4 Å². The first kappa shape index (κ1) is 7.91. The van der Waals surface area contributed by atoms with E-state index in [1.807, 2.05) is 12.1 Å². The SMILES string of the molecule is [2H]C([2H])([2H])C(C(=O)O)c1ccc(CCCC)cc1. The van der Waals surface area contributed by atoms with Crippen LogP contribution in [0.3, 0.4) is 0 Å². The summed E-state index contributed by atoms with van der Waals surface area (Å²) < 4.78 is 21.8. The lowest BCUT2D eigenvalue weighted by molar-refractivity contribution is -0.138. The third-order valence-electron chi connectivity index (χ3n) is 2.38. The Balaban J connectivity index is 2.91. The molecular formula is C13H18O2. The van der Waals surface area contributed by atoms with Gasteiger partial charge in [0.25, 0.3) is 0 Å². The first-order valence-electron chi connectivity index (χ1n) is 6.68. The van der Waals surface area contributed by atoms with Crippen LogP contribution in [0, 0.1) is 0 Å². The molecule has 0 radical (unpaired) electrons. The summed E-state index contributed by atoms with van der Waals surface area (Å²) >= 11 is 0. The molecule has 0 amide bonds. The Morgan fingerprint density at radius 2 is 2.13 bits per heavy atom. The maximum Gasteiger partial charge on any atom is 0.310 e. The van der Waals surface area contributed by atoms with Crippen molar-refractivity contribution in [1.29, 1.82) is 0 Å². The van der Waals surface area contributed by atoms with Gasteiger partial charge >= 0.3 is 5.97 Å². The Hall–Kier alpha value is -1.31. The average Bonchev–Trinajstić information content (AvgIpc) is 2.25. The van der Waals surface area contributed by atoms with Gasteiger partial charge < -0.3 is 5.11 Å². The van der Waals surface area contributed by atoms with Crippen LogP contribution in [0.2, 0.25) is 0 Å². The van der Waals surface area contributed by atoms with Crippen molar-refractivity contribution in [3.63, 3.8) is 0 Å². The fourth-order valence-electron chi connectivity index (χ4n) is 1.40. The van der Waals surface area contributed by atoms with E-state index in [0.717, 1.165) is 24.8 Å². The van der Waals surface area contributed by atoms with E-state index < -0.39 is 18.7 Å². The van der Waals surface area contributed by atoms with Crippen LogP contribution in [0.5, 0.6) is 0 Å². The maximum absolute atomic E-state index is 11.0. The summed E-state index contributed by atoms with van der Waals surface area (Å²) in [5.41, 5.74) is 1.44. The summed E-state index contributed by atoms with van der Waals surface area (Å²) in [6, 6.07) is 6.84. The summed E-state index contributed by atoms with van der Waals surface area (Å²) in [6.07, 6.45) is 3.10. The molecule has 0 aliphatic heterocycles. The van der Waals surface area contributed by atoms with Gasteiger partial charge in [-0.3, -0.25) is 4.79 Å². The zero-order valence-electron chi connectivity index (χ0n) is 11.9. The van der Waals surface area contributed by atoms with E-state index in [-0.39, 0.29) is 0 Å². The van der Waals surface area contributed by atoms with Crippen LogP contribution in [0.1, 0.15) is 47.8 Å². The Bertz CT molecular complexity index is 396. The van der Waals surface area contributed by atoms with Crippen molar-refractivity contribution >= 4 is 5.97 Å². The molecule has 2 nitrogen and oxygen atoms in total. The molecule has 0 saturated heterocycles. The summed E-state index contributed by atoms with van der Waals surface area (Å²) in [4.78, 5) is 11.0. The molecule has 0 heterocycles. The van der Waals surface area contributed by atoms with Gasteiger partial charge in [-0.25, -0.2) is 0 Å². The van der Waals surface area contributed by atoms with Crippen LogP contribution in [0.15, 0.2) is 24.3 Å². The number of hydrogen-bond acceptors (Lipinski definition) is 1. The number of rotatable bonds is 5. The lowest BCUT2D eigenvalue weighted by Crippen LogP contribution is -2.07. The smallest absolute Gasteiger partial charge is 0.310 e. The molecule has 2 heteroatoms. The molecule has 1 aromatic carbocycles. The average molecular weight is 209 g/mol. The molecule has 0 aliphatic rings.